The summed E-state index contributed by atoms with van der Waals surface area (Å²) in [5, 5.41) is 10.1. The fourth-order valence-corrected chi connectivity index (χ4v) is 2.48. The Hall–Kier alpha value is -0.830. The minimum absolute atomic E-state index is 0.0300. The molecule has 0 bridgehead atoms. The number of allylic oxidation sites excluding steroid dienone is 1. The van der Waals surface area contributed by atoms with Gasteiger partial charge in [0.1, 0.15) is 0 Å². The Bertz CT molecular complexity index is 281. The molecule has 4 atom stereocenters. The number of ether oxygens (including phenoxy) is 1. The first-order chi connectivity index (χ1) is 6.81. The van der Waals surface area contributed by atoms with Crippen molar-refractivity contribution in [2.45, 2.75) is 32.8 Å². The molecule has 86 valence electrons. The normalized spacial score (nSPS) is 40.2. The number of hydrogen-bond donors (Lipinski definition) is 1. The van der Waals surface area contributed by atoms with Crippen molar-refractivity contribution in [2.75, 3.05) is 7.11 Å². The molecule has 1 aliphatic rings. The molecule has 0 heterocycles. The van der Waals surface area contributed by atoms with E-state index in [1.54, 1.807) is 6.92 Å². The van der Waals surface area contributed by atoms with Crippen LogP contribution in [0.2, 0.25) is 0 Å². The molecule has 0 aromatic carbocycles. The number of carbonyl (C=O) groups excluding carboxylic acids is 1. The topological polar surface area (TPSA) is 46.5 Å². The van der Waals surface area contributed by atoms with Crippen LogP contribution in [-0.2, 0) is 9.53 Å². The highest BCUT2D eigenvalue weighted by atomic mass is 16.5. The molecule has 0 saturated heterocycles. The number of aliphatic hydroxyl groups is 1. The summed E-state index contributed by atoms with van der Waals surface area (Å²) >= 11 is 0. The van der Waals surface area contributed by atoms with Gasteiger partial charge in [0.05, 0.1) is 18.6 Å². The Labute approximate surface area is 91.1 Å². The fraction of sp³-hybridized carbons (Fsp3) is 0.750. The van der Waals surface area contributed by atoms with E-state index in [9.17, 15) is 9.90 Å². The van der Waals surface area contributed by atoms with E-state index >= 15 is 0 Å². The second-order valence-corrected chi connectivity index (χ2v) is 4.85. The van der Waals surface area contributed by atoms with Crippen LogP contribution in [0.5, 0.6) is 0 Å². The summed E-state index contributed by atoms with van der Waals surface area (Å²) in [6.45, 7) is 9.45. The van der Waals surface area contributed by atoms with Crippen LogP contribution in [-0.4, -0.2) is 23.8 Å². The maximum absolute atomic E-state index is 11.7. The van der Waals surface area contributed by atoms with E-state index in [0.29, 0.717) is 6.42 Å². The predicted molar refractivity (Wildman–Crippen MR) is 58.2 cm³/mol. The van der Waals surface area contributed by atoms with Gasteiger partial charge in [-0.1, -0.05) is 19.1 Å². The third-order valence-electron chi connectivity index (χ3n) is 3.69. The fourth-order valence-electron chi connectivity index (χ4n) is 2.48. The van der Waals surface area contributed by atoms with Crippen LogP contribution in [0.4, 0.5) is 0 Å². The average Bonchev–Trinajstić information content (AvgIpc) is 2.38. The van der Waals surface area contributed by atoms with E-state index in [1.807, 2.05) is 13.8 Å². The zero-order valence-corrected chi connectivity index (χ0v) is 9.91. The molecule has 0 aromatic heterocycles. The first kappa shape index (κ1) is 12.2. The molecule has 0 aromatic rings. The van der Waals surface area contributed by atoms with Crippen LogP contribution >= 0.6 is 0 Å². The van der Waals surface area contributed by atoms with E-state index in [0.717, 1.165) is 5.57 Å². The summed E-state index contributed by atoms with van der Waals surface area (Å²) < 4.78 is 4.79. The Morgan fingerprint density at radius 1 is 1.60 bits per heavy atom. The summed E-state index contributed by atoms with van der Waals surface area (Å²) in [4.78, 5) is 11.7. The van der Waals surface area contributed by atoms with Crippen molar-refractivity contribution in [2.24, 2.45) is 17.8 Å². The second kappa shape index (κ2) is 3.97. The van der Waals surface area contributed by atoms with Crippen molar-refractivity contribution >= 4 is 5.97 Å². The van der Waals surface area contributed by atoms with Gasteiger partial charge in [-0.3, -0.25) is 4.79 Å². The van der Waals surface area contributed by atoms with Crippen molar-refractivity contribution in [1.29, 1.82) is 0 Å². The lowest BCUT2D eigenvalue weighted by molar-refractivity contribution is -0.149. The zero-order valence-electron chi connectivity index (χ0n) is 9.91. The lowest BCUT2D eigenvalue weighted by atomic mass is 9.85. The Balaban J connectivity index is 2.99. The van der Waals surface area contributed by atoms with Crippen LogP contribution in [0, 0.1) is 17.8 Å². The van der Waals surface area contributed by atoms with Crippen LogP contribution in [0.25, 0.3) is 0 Å². The van der Waals surface area contributed by atoms with Crippen molar-refractivity contribution in [3.8, 4) is 0 Å². The van der Waals surface area contributed by atoms with Gasteiger partial charge in [-0.15, -0.1) is 0 Å². The molecule has 1 rings (SSSR count). The molecule has 1 N–H and O–H groups in total. The molecular weight excluding hydrogens is 192 g/mol. The van der Waals surface area contributed by atoms with E-state index in [4.69, 9.17) is 4.74 Å². The quantitative estimate of drug-likeness (QED) is 0.560. The van der Waals surface area contributed by atoms with Crippen LogP contribution < -0.4 is 0 Å². The standard InChI is InChI=1S/C12H20O3/c1-7(2)9-6-12(4,14)8(3)10(9)11(13)15-5/h8-10,14H,1,6H2,2-5H3/t8-,9+,10-,12+/m1/s1. The molecule has 0 spiro atoms. The summed E-state index contributed by atoms with van der Waals surface area (Å²) in [6.07, 6.45) is 0.587. The Morgan fingerprint density at radius 3 is 2.53 bits per heavy atom. The molecule has 0 unspecified atom stereocenters. The molecule has 15 heavy (non-hydrogen) atoms. The third-order valence-corrected chi connectivity index (χ3v) is 3.69. The van der Waals surface area contributed by atoms with Crippen molar-refractivity contribution in [1.82, 2.24) is 0 Å². The van der Waals surface area contributed by atoms with Gasteiger partial charge in [-0.05, 0) is 32.1 Å². The first-order valence-corrected chi connectivity index (χ1v) is 5.27. The van der Waals surface area contributed by atoms with Gasteiger partial charge in [0, 0.05) is 0 Å². The minimum atomic E-state index is -0.803. The molecule has 3 nitrogen and oxygen atoms in total. The number of rotatable bonds is 2. The summed E-state index contributed by atoms with van der Waals surface area (Å²) in [5.41, 5.74) is 0.137. The summed E-state index contributed by atoms with van der Waals surface area (Å²) in [6, 6.07) is 0. The minimum Gasteiger partial charge on any atom is -0.469 e. The highest BCUT2D eigenvalue weighted by molar-refractivity contribution is 5.74. The number of hydrogen-bond acceptors (Lipinski definition) is 3. The molecule has 3 heteroatoms. The van der Waals surface area contributed by atoms with E-state index in [1.165, 1.54) is 7.11 Å². The molecule has 1 fully saturated rings. The largest absolute Gasteiger partial charge is 0.469 e. The van der Waals surface area contributed by atoms with E-state index < -0.39 is 5.60 Å². The monoisotopic (exact) mass is 212 g/mol. The highest BCUT2D eigenvalue weighted by Gasteiger charge is 2.51. The lowest BCUT2D eigenvalue weighted by Gasteiger charge is -2.24. The second-order valence-electron chi connectivity index (χ2n) is 4.85. The van der Waals surface area contributed by atoms with E-state index in [2.05, 4.69) is 6.58 Å². The Morgan fingerprint density at radius 2 is 2.13 bits per heavy atom. The SMILES string of the molecule is C=C(C)[C@@H]1C[C@](C)(O)[C@H](C)[C@H]1C(=O)OC. The van der Waals surface area contributed by atoms with Gasteiger partial charge in [-0.25, -0.2) is 0 Å². The number of methoxy groups -OCH3 is 1. The third kappa shape index (κ3) is 2.07. The maximum Gasteiger partial charge on any atom is 0.309 e. The van der Waals surface area contributed by atoms with Gasteiger partial charge in [-0.2, -0.15) is 0 Å². The summed E-state index contributed by atoms with van der Waals surface area (Å²) in [5.74, 6) is -0.565. The smallest absolute Gasteiger partial charge is 0.309 e. The first-order valence-electron chi connectivity index (χ1n) is 5.27. The van der Waals surface area contributed by atoms with Gasteiger partial charge < -0.3 is 9.84 Å². The van der Waals surface area contributed by atoms with Crippen molar-refractivity contribution < 1.29 is 14.6 Å². The molecule has 0 radical (unpaired) electrons. The van der Waals surface area contributed by atoms with Crippen LogP contribution in [0.15, 0.2) is 12.2 Å². The van der Waals surface area contributed by atoms with Gasteiger partial charge in [0.25, 0.3) is 0 Å². The molecule has 0 aliphatic heterocycles. The molecule has 0 amide bonds. The molecule has 1 saturated carbocycles. The highest BCUT2D eigenvalue weighted by Crippen LogP contribution is 2.47. The average molecular weight is 212 g/mol. The van der Waals surface area contributed by atoms with Gasteiger partial charge in [0.15, 0.2) is 0 Å². The predicted octanol–water partition coefficient (Wildman–Crippen LogP) is 1.76. The lowest BCUT2D eigenvalue weighted by Crippen LogP contribution is -2.32. The van der Waals surface area contributed by atoms with Crippen LogP contribution in [0.3, 0.4) is 0 Å². The van der Waals surface area contributed by atoms with Crippen molar-refractivity contribution in [3.05, 3.63) is 12.2 Å². The molecule has 1 aliphatic carbocycles. The van der Waals surface area contributed by atoms with Crippen molar-refractivity contribution in [3.63, 3.8) is 0 Å². The van der Waals surface area contributed by atoms with E-state index in [-0.39, 0.29) is 23.7 Å². The van der Waals surface area contributed by atoms with Gasteiger partial charge in [0.2, 0.25) is 0 Å². The van der Waals surface area contributed by atoms with Gasteiger partial charge >= 0.3 is 5.97 Å². The number of carbonyl (C=O) groups is 1. The maximum atomic E-state index is 11.7. The summed E-state index contributed by atoms with van der Waals surface area (Å²) in [7, 11) is 1.39. The molecular formula is C12H20O3. The zero-order chi connectivity index (χ0) is 11.8. The number of esters is 1. The van der Waals surface area contributed by atoms with Crippen LogP contribution in [0.1, 0.15) is 27.2 Å². The Kier molecular flexibility index (Phi) is 3.24.